The zero-order chi connectivity index (χ0) is 28.4. The molecule has 0 saturated heterocycles. The van der Waals surface area contributed by atoms with Crippen LogP contribution in [0.5, 0.6) is 5.75 Å². The van der Waals surface area contributed by atoms with E-state index in [-0.39, 0.29) is 6.61 Å². The third-order valence-electron chi connectivity index (χ3n) is 5.23. The molecule has 0 bridgehead atoms. The highest BCUT2D eigenvalue weighted by atomic mass is 35.5. The number of nitrogens with two attached hydrogens (primary N) is 1. The maximum Gasteiger partial charge on any atom is 0.156 e. The first kappa shape index (κ1) is 29.9. The van der Waals surface area contributed by atoms with Crippen molar-refractivity contribution in [3.63, 3.8) is 0 Å². The largest absolute Gasteiger partial charge is 0.485 e. The second kappa shape index (κ2) is 13.9. The molecule has 4 N–H and O–H groups in total. The van der Waals surface area contributed by atoms with Crippen molar-refractivity contribution in [3.8, 4) is 17.0 Å². The molecule has 4 aromatic rings. The lowest BCUT2D eigenvalue weighted by molar-refractivity contribution is 0.112. The molecular formula is C27H33ClN8O2S. The number of pyridine rings is 1. The fraction of sp³-hybridized carbons (Fsp3) is 0.296. The molecule has 0 aliphatic heterocycles. The predicted octanol–water partition coefficient (Wildman–Crippen LogP) is 5.93. The number of hydrogen-bond acceptors (Lipinski definition) is 10. The van der Waals surface area contributed by atoms with Crippen LogP contribution in [0.1, 0.15) is 43.7 Å². The smallest absolute Gasteiger partial charge is 0.156 e. The zero-order valence-electron chi connectivity index (χ0n) is 22.6. The Labute approximate surface area is 237 Å². The molecule has 0 spiro atoms. The first-order valence-corrected chi connectivity index (χ1v) is 13.6. The van der Waals surface area contributed by atoms with E-state index in [1.54, 1.807) is 47.5 Å². The van der Waals surface area contributed by atoms with Gasteiger partial charge in [0.25, 0.3) is 0 Å². The average molecular weight is 569 g/mol. The standard InChI is InChI=1S/C26H28ClN7O2S.CH5N/c1-5-37-33-21-9-6-17(12-22(21)36-16-19-8-7-18(27)13-30-19)24-20(15-35)25(34(32-24)26(2,3)4)31-23-14-28-10-11-29-23;1-2/h6-15,33H,5,16H2,1-4H3,(H,29,31);2H2,1H3. The van der Waals surface area contributed by atoms with E-state index in [0.717, 1.165) is 29.0 Å². The Morgan fingerprint density at radius 3 is 2.54 bits per heavy atom. The van der Waals surface area contributed by atoms with Gasteiger partial charge in [0.1, 0.15) is 29.7 Å². The second-order valence-electron chi connectivity index (χ2n) is 9.03. The van der Waals surface area contributed by atoms with E-state index >= 15 is 0 Å². The quantitative estimate of drug-likeness (QED) is 0.156. The van der Waals surface area contributed by atoms with Crippen LogP contribution in [0.2, 0.25) is 5.02 Å². The summed E-state index contributed by atoms with van der Waals surface area (Å²) in [4.78, 5) is 25.1. The number of nitrogens with one attached hydrogen (secondary N) is 2. The van der Waals surface area contributed by atoms with Crippen molar-refractivity contribution in [2.75, 3.05) is 22.8 Å². The van der Waals surface area contributed by atoms with Gasteiger partial charge in [-0.3, -0.25) is 14.8 Å². The third-order valence-corrected chi connectivity index (χ3v) is 6.11. The first-order chi connectivity index (χ1) is 18.8. The van der Waals surface area contributed by atoms with E-state index in [1.807, 2.05) is 45.0 Å². The fourth-order valence-corrected chi connectivity index (χ4v) is 4.09. The van der Waals surface area contributed by atoms with Crippen LogP contribution in [0.4, 0.5) is 17.3 Å². The molecular weight excluding hydrogens is 536 g/mol. The summed E-state index contributed by atoms with van der Waals surface area (Å²) in [6.07, 6.45) is 7.16. The molecule has 10 nitrogen and oxygen atoms in total. The number of nitrogens with zero attached hydrogens (tertiary/aromatic N) is 5. The van der Waals surface area contributed by atoms with Gasteiger partial charge in [-0.2, -0.15) is 5.10 Å². The van der Waals surface area contributed by atoms with Gasteiger partial charge in [-0.15, -0.1) is 0 Å². The van der Waals surface area contributed by atoms with Crippen LogP contribution < -0.4 is 20.5 Å². The third kappa shape index (κ3) is 7.69. The van der Waals surface area contributed by atoms with E-state index in [2.05, 4.69) is 37.6 Å². The Morgan fingerprint density at radius 2 is 1.92 bits per heavy atom. The Balaban J connectivity index is 0.00000205. The molecule has 0 amide bonds. The van der Waals surface area contributed by atoms with Crippen LogP contribution in [0, 0.1) is 0 Å². The Bertz CT molecular complexity index is 1360. The molecule has 0 atom stereocenters. The summed E-state index contributed by atoms with van der Waals surface area (Å²) >= 11 is 7.52. The van der Waals surface area contributed by atoms with Crippen molar-refractivity contribution >= 4 is 47.2 Å². The molecule has 12 heteroatoms. The van der Waals surface area contributed by atoms with Gasteiger partial charge in [0.15, 0.2) is 6.29 Å². The highest BCUT2D eigenvalue weighted by molar-refractivity contribution is 8.00. The van der Waals surface area contributed by atoms with Crippen molar-refractivity contribution in [2.45, 2.75) is 39.8 Å². The maximum atomic E-state index is 12.4. The second-order valence-corrected chi connectivity index (χ2v) is 10.5. The normalized spacial score (nSPS) is 10.8. The topological polar surface area (TPSA) is 133 Å². The van der Waals surface area contributed by atoms with E-state index in [1.165, 1.54) is 7.05 Å². The monoisotopic (exact) mass is 568 g/mol. The first-order valence-electron chi connectivity index (χ1n) is 12.2. The summed E-state index contributed by atoms with van der Waals surface area (Å²) in [6.45, 7) is 8.36. The van der Waals surface area contributed by atoms with Gasteiger partial charge in [-0.25, -0.2) is 9.67 Å². The molecule has 206 valence electrons. The van der Waals surface area contributed by atoms with Crippen LogP contribution in [-0.2, 0) is 12.1 Å². The number of rotatable bonds is 10. The van der Waals surface area contributed by atoms with E-state index in [0.29, 0.717) is 33.7 Å². The minimum absolute atomic E-state index is 0.253. The van der Waals surface area contributed by atoms with E-state index in [4.69, 9.17) is 21.4 Å². The SMILES string of the molecule is CCSNc1ccc(-c2nn(C(C)(C)C)c(Nc3cnccn3)c2C=O)cc1OCc1ccc(Cl)cn1.CN. The van der Waals surface area contributed by atoms with Gasteiger partial charge in [-0.1, -0.05) is 36.5 Å². The van der Waals surface area contributed by atoms with Crippen LogP contribution in [0.3, 0.4) is 0 Å². The van der Waals surface area contributed by atoms with Crippen molar-refractivity contribution in [3.05, 3.63) is 71.4 Å². The Kier molecular flexibility index (Phi) is 10.7. The molecule has 0 radical (unpaired) electrons. The number of halogens is 1. The number of ether oxygens (including phenoxy) is 1. The summed E-state index contributed by atoms with van der Waals surface area (Å²) in [6, 6.07) is 9.31. The number of carbonyl (C=O) groups excluding carboxylic acids is 1. The highest BCUT2D eigenvalue weighted by Crippen LogP contribution is 2.37. The summed E-state index contributed by atoms with van der Waals surface area (Å²) in [5.74, 6) is 2.54. The predicted molar refractivity (Wildman–Crippen MR) is 159 cm³/mol. The van der Waals surface area contributed by atoms with Gasteiger partial charge < -0.3 is 20.5 Å². The van der Waals surface area contributed by atoms with Gasteiger partial charge in [0, 0.05) is 29.9 Å². The number of carbonyl (C=O) groups is 1. The van der Waals surface area contributed by atoms with Gasteiger partial charge in [-0.05, 0) is 52.1 Å². The van der Waals surface area contributed by atoms with Crippen LogP contribution in [0.25, 0.3) is 11.3 Å². The lowest BCUT2D eigenvalue weighted by atomic mass is 10.1. The van der Waals surface area contributed by atoms with Gasteiger partial charge in [0.05, 0.1) is 33.7 Å². The summed E-state index contributed by atoms with van der Waals surface area (Å²) in [5, 5.41) is 8.63. The Morgan fingerprint density at radius 1 is 1.13 bits per heavy atom. The summed E-state index contributed by atoms with van der Waals surface area (Å²) in [5.41, 5.74) is 7.31. The molecule has 1 aromatic carbocycles. The van der Waals surface area contributed by atoms with Crippen LogP contribution in [0.15, 0.2) is 55.1 Å². The number of aldehydes is 1. The molecule has 0 unspecified atom stereocenters. The zero-order valence-corrected chi connectivity index (χ0v) is 24.2. The van der Waals surface area contributed by atoms with Gasteiger partial charge >= 0.3 is 0 Å². The molecule has 3 heterocycles. The molecule has 39 heavy (non-hydrogen) atoms. The van der Waals surface area contributed by atoms with E-state index < -0.39 is 5.54 Å². The van der Waals surface area contributed by atoms with Gasteiger partial charge in [0.2, 0.25) is 0 Å². The minimum atomic E-state index is -0.417. The van der Waals surface area contributed by atoms with Crippen LogP contribution >= 0.6 is 23.5 Å². The highest BCUT2D eigenvalue weighted by Gasteiger charge is 2.26. The number of hydrogen-bond donors (Lipinski definition) is 3. The number of anilines is 3. The Hall–Kier alpha value is -3.67. The number of benzene rings is 1. The molecule has 0 aliphatic rings. The molecule has 4 rings (SSSR count). The molecule has 3 aromatic heterocycles. The van der Waals surface area contributed by atoms with Crippen molar-refractivity contribution in [1.82, 2.24) is 24.7 Å². The molecule has 0 fully saturated rings. The van der Waals surface area contributed by atoms with Crippen molar-refractivity contribution in [2.24, 2.45) is 5.73 Å². The molecule has 0 saturated carbocycles. The number of aromatic nitrogens is 5. The molecule has 0 aliphatic carbocycles. The fourth-order valence-electron chi connectivity index (χ4n) is 3.51. The lowest BCUT2D eigenvalue weighted by Gasteiger charge is -2.22. The average Bonchev–Trinajstić information content (AvgIpc) is 3.32. The van der Waals surface area contributed by atoms with Crippen LogP contribution in [-0.4, -0.2) is 43.8 Å². The van der Waals surface area contributed by atoms with Crippen molar-refractivity contribution < 1.29 is 9.53 Å². The summed E-state index contributed by atoms with van der Waals surface area (Å²) < 4.78 is 11.3. The maximum absolute atomic E-state index is 12.4. The van der Waals surface area contributed by atoms with E-state index in [9.17, 15) is 4.79 Å². The lowest BCUT2D eigenvalue weighted by Crippen LogP contribution is -2.25. The van der Waals surface area contributed by atoms with Crippen molar-refractivity contribution in [1.29, 1.82) is 0 Å². The minimum Gasteiger partial charge on any atom is -0.485 e. The summed E-state index contributed by atoms with van der Waals surface area (Å²) in [7, 11) is 1.50.